The number of rotatable bonds is 5. The van der Waals surface area contributed by atoms with Crippen LogP contribution < -0.4 is 16.4 Å². The molecule has 2 amide bonds. The molecule has 154 valence electrons. The topological polar surface area (TPSA) is 145 Å². The Morgan fingerprint density at radius 2 is 2.07 bits per heavy atom. The van der Waals surface area contributed by atoms with Gasteiger partial charge in [-0.25, -0.2) is 4.79 Å². The highest BCUT2D eigenvalue weighted by atomic mass is 32.2. The lowest BCUT2D eigenvalue weighted by molar-refractivity contribution is -0.163. The summed E-state index contributed by atoms with van der Waals surface area (Å²) in [7, 11) is 0. The van der Waals surface area contributed by atoms with Crippen LogP contribution in [0.15, 0.2) is 10.6 Å². The van der Waals surface area contributed by atoms with E-state index in [1.807, 2.05) is 6.92 Å². The molecule has 0 saturated carbocycles. The number of thioether (sulfide) groups is 1. The number of nitrogens with two attached hydrogens (primary N) is 1. The maximum absolute atomic E-state index is 12.4. The van der Waals surface area contributed by atoms with Crippen LogP contribution in [0.4, 0.5) is 0 Å². The van der Waals surface area contributed by atoms with Gasteiger partial charge in [0.25, 0.3) is 0 Å². The normalized spacial score (nSPS) is 41.1. The van der Waals surface area contributed by atoms with Crippen molar-refractivity contribution < 1.29 is 24.6 Å². The quantitative estimate of drug-likeness (QED) is 0.351. The minimum atomic E-state index is -1.11. The summed E-state index contributed by atoms with van der Waals surface area (Å²) in [4.78, 5) is 38.0. The van der Waals surface area contributed by atoms with Gasteiger partial charge in [0, 0.05) is 41.1 Å². The predicted molar refractivity (Wildman–Crippen MR) is 102 cm³/mol. The van der Waals surface area contributed by atoms with Crippen LogP contribution in [0.1, 0.15) is 20.3 Å². The molecule has 4 rings (SSSR count). The highest BCUT2D eigenvalue weighted by Gasteiger charge is 2.60. The minimum absolute atomic E-state index is 0.0214. The monoisotopic (exact) mass is 410 g/mol. The van der Waals surface area contributed by atoms with Gasteiger partial charge in [0.1, 0.15) is 5.70 Å². The second-order valence-electron chi connectivity index (χ2n) is 8.20. The third-order valence-electron chi connectivity index (χ3n) is 6.52. The van der Waals surface area contributed by atoms with Crippen LogP contribution in [0.5, 0.6) is 0 Å². The number of nitrogens with one attached hydrogen (secondary N) is 2. The minimum Gasteiger partial charge on any atom is -0.477 e. The Balaban J connectivity index is 1.49. The SMILES string of the molecule is C[C@@H](O)C1C(=O)N2C(C(=O)O)=C(S[C@@H]3CN[C@H](C4CNC(=O)C4N)C3)[C@H](C)[C@@H]12. The van der Waals surface area contributed by atoms with Crippen molar-refractivity contribution in [3.8, 4) is 0 Å². The molecule has 6 N–H and O–H groups in total. The number of carboxylic acid groups (broad SMARTS) is 1. The zero-order valence-corrected chi connectivity index (χ0v) is 16.6. The van der Waals surface area contributed by atoms with Gasteiger partial charge in [0.05, 0.1) is 24.1 Å². The Kier molecular flexibility index (Phi) is 4.93. The first-order valence-corrected chi connectivity index (χ1v) is 10.5. The molecule has 0 aromatic heterocycles. The third-order valence-corrected chi connectivity index (χ3v) is 8.03. The molecule has 0 bridgehead atoms. The van der Waals surface area contributed by atoms with Gasteiger partial charge in [-0.1, -0.05) is 6.92 Å². The van der Waals surface area contributed by atoms with Crippen LogP contribution in [-0.2, 0) is 14.4 Å². The summed E-state index contributed by atoms with van der Waals surface area (Å²) in [5.41, 5.74) is 6.04. The standard InChI is InChI=1S/C18H26N4O5S/c1-6-13-11(7(2)23)17(25)22(13)14(18(26)27)15(6)28-8-3-10(20-4-8)9-5-21-16(24)12(9)19/h6-13,20,23H,3-5,19H2,1-2H3,(H,21,24)(H,26,27)/t6-,7-,8+,9?,10+,11?,12?,13+/m1/s1. The molecule has 0 radical (unpaired) electrons. The average Bonchev–Trinajstić information content (AvgIpc) is 3.27. The number of carboxylic acids is 1. The van der Waals surface area contributed by atoms with Gasteiger partial charge in [0.15, 0.2) is 0 Å². The zero-order valence-electron chi connectivity index (χ0n) is 15.8. The number of aliphatic hydroxyl groups excluding tert-OH is 1. The molecule has 3 fully saturated rings. The van der Waals surface area contributed by atoms with Crippen LogP contribution in [0, 0.1) is 17.8 Å². The van der Waals surface area contributed by atoms with Crippen LogP contribution in [0.25, 0.3) is 0 Å². The fourth-order valence-corrected chi connectivity index (χ4v) is 6.55. The molecule has 0 aliphatic carbocycles. The number of hydrogen-bond acceptors (Lipinski definition) is 7. The van der Waals surface area contributed by atoms with Crippen molar-refractivity contribution >= 4 is 29.5 Å². The van der Waals surface area contributed by atoms with Crippen molar-refractivity contribution in [2.75, 3.05) is 13.1 Å². The first-order chi connectivity index (χ1) is 13.2. The number of aliphatic hydroxyl groups is 1. The van der Waals surface area contributed by atoms with Gasteiger partial charge in [-0.2, -0.15) is 0 Å². The number of amides is 2. The van der Waals surface area contributed by atoms with E-state index in [9.17, 15) is 24.6 Å². The number of aliphatic carboxylic acids is 1. The molecule has 0 spiro atoms. The molecular formula is C18H26N4O5S. The number of nitrogens with zero attached hydrogens (tertiary/aromatic N) is 1. The van der Waals surface area contributed by atoms with Gasteiger partial charge < -0.3 is 31.5 Å². The molecule has 3 unspecified atom stereocenters. The maximum Gasteiger partial charge on any atom is 0.353 e. The Hall–Kier alpha value is -1.62. The van der Waals surface area contributed by atoms with Crippen LogP contribution in [0.2, 0.25) is 0 Å². The number of hydrogen-bond donors (Lipinski definition) is 5. The van der Waals surface area contributed by atoms with E-state index >= 15 is 0 Å². The van der Waals surface area contributed by atoms with E-state index in [0.29, 0.717) is 18.0 Å². The van der Waals surface area contributed by atoms with Gasteiger partial charge in [-0.05, 0) is 13.3 Å². The van der Waals surface area contributed by atoms with E-state index in [2.05, 4.69) is 10.6 Å². The summed E-state index contributed by atoms with van der Waals surface area (Å²) in [6.07, 6.45) is -0.0264. The molecule has 9 nitrogen and oxygen atoms in total. The number of carbonyl (C=O) groups is 3. The molecule has 0 aromatic rings. The van der Waals surface area contributed by atoms with E-state index < -0.39 is 24.0 Å². The lowest BCUT2D eigenvalue weighted by Gasteiger charge is -2.46. The fraction of sp³-hybridized carbons (Fsp3) is 0.722. The van der Waals surface area contributed by atoms with Crippen molar-refractivity contribution in [2.45, 2.75) is 49.7 Å². The first-order valence-electron chi connectivity index (χ1n) is 9.64. The molecule has 8 atom stereocenters. The number of carbonyl (C=O) groups excluding carboxylic acids is 2. The van der Waals surface area contributed by atoms with E-state index in [1.54, 1.807) is 6.92 Å². The van der Waals surface area contributed by atoms with E-state index in [4.69, 9.17) is 5.73 Å². The first kappa shape index (κ1) is 19.7. The van der Waals surface area contributed by atoms with Gasteiger partial charge in [-0.3, -0.25) is 9.59 Å². The smallest absolute Gasteiger partial charge is 0.353 e. The largest absolute Gasteiger partial charge is 0.477 e. The second-order valence-corrected chi connectivity index (χ2v) is 9.54. The van der Waals surface area contributed by atoms with Crippen molar-refractivity contribution in [3.05, 3.63) is 10.6 Å². The van der Waals surface area contributed by atoms with E-state index in [-0.39, 0.29) is 46.7 Å². The summed E-state index contributed by atoms with van der Waals surface area (Å²) in [5, 5.41) is 26.0. The predicted octanol–water partition coefficient (Wildman–Crippen LogP) is -1.32. The molecular weight excluding hydrogens is 384 g/mol. The molecule has 28 heavy (non-hydrogen) atoms. The molecule has 3 saturated heterocycles. The third kappa shape index (κ3) is 2.85. The Morgan fingerprint density at radius 3 is 2.64 bits per heavy atom. The average molecular weight is 410 g/mol. The summed E-state index contributed by atoms with van der Waals surface area (Å²) >= 11 is 1.50. The summed E-state index contributed by atoms with van der Waals surface area (Å²) in [6, 6.07) is -0.718. The fourth-order valence-electron chi connectivity index (χ4n) is 5.06. The van der Waals surface area contributed by atoms with Crippen LogP contribution in [-0.4, -0.2) is 75.5 Å². The molecule has 10 heteroatoms. The van der Waals surface area contributed by atoms with Crippen molar-refractivity contribution in [3.63, 3.8) is 0 Å². The van der Waals surface area contributed by atoms with Crippen molar-refractivity contribution in [2.24, 2.45) is 23.5 Å². The summed E-state index contributed by atoms with van der Waals surface area (Å²) in [6.45, 7) is 4.74. The molecule has 0 aromatic carbocycles. The maximum atomic E-state index is 12.4. The molecule has 4 aliphatic heterocycles. The second kappa shape index (κ2) is 7.01. The van der Waals surface area contributed by atoms with Crippen molar-refractivity contribution in [1.29, 1.82) is 0 Å². The number of β-lactam (4-membered cyclic amide) rings is 1. The van der Waals surface area contributed by atoms with Crippen molar-refractivity contribution in [1.82, 2.24) is 15.5 Å². The van der Waals surface area contributed by atoms with Gasteiger partial charge >= 0.3 is 5.97 Å². The van der Waals surface area contributed by atoms with E-state index in [0.717, 1.165) is 6.42 Å². The van der Waals surface area contributed by atoms with Crippen LogP contribution >= 0.6 is 11.8 Å². The highest BCUT2D eigenvalue weighted by Crippen LogP contribution is 2.52. The zero-order chi connectivity index (χ0) is 20.3. The Labute approximate surface area is 167 Å². The number of fused-ring (bicyclic) bond motifs is 1. The highest BCUT2D eigenvalue weighted by molar-refractivity contribution is 8.03. The lowest BCUT2D eigenvalue weighted by Crippen LogP contribution is -2.63. The Bertz CT molecular complexity index is 756. The Morgan fingerprint density at radius 1 is 1.36 bits per heavy atom. The summed E-state index contributed by atoms with van der Waals surface area (Å²) < 4.78 is 0. The summed E-state index contributed by atoms with van der Waals surface area (Å²) in [5.74, 6) is -2.22. The molecule has 4 heterocycles. The van der Waals surface area contributed by atoms with Gasteiger partial charge in [0.2, 0.25) is 11.8 Å². The lowest BCUT2D eigenvalue weighted by atomic mass is 9.79. The van der Waals surface area contributed by atoms with Gasteiger partial charge in [-0.15, -0.1) is 11.8 Å². The van der Waals surface area contributed by atoms with Crippen LogP contribution in [0.3, 0.4) is 0 Å². The molecule has 4 aliphatic rings. The van der Waals surface area contributed by atoms with E-state index in [1.165, 1.54) is 16.7 Å².